The Morgan fingerprint density at radius 3 is 1.52 bits per heavy atom. The molecule has 0 unspecified atom stereocenters. The van der Waals surface area contributed by atoms with Gasteiger partial charge in [-0.15, -0.1) is 0 Å². The first-order valence-electron chi connectivity index (χ1n) is 7.46. The molecule has 110 valence electrons. The Kier molecular flexibility index (Phi) is 5.04. The zero-order valence-electron chi connectivity index (χ0n) is 12.6. The molecule has 2 nitrogen and oxygen atoms in total. The number of phenolic OH excluding ortho intramolecular Hbond substituents is 2. The second-order valence-electron chi connectivity index (χ2n) is 5.18. The van der Waals surface area contributed by atoms with E-state index in [-0.39, 0.29) is 11.5 Å². The molecule has 2 aromatic rings. The molecule has 0 saturated carbocycles. The summed E-state index contributed by atoms with van der Waals surface area (Å²) in [6.45, 7) is 4.35. The van der Waals surface area contributed by atoms with Crippen LogP contribution in [0.3, 0.4) is 0 Å². The van der Waals surface area contributed by atoms with Crippen LogP contribution in [0.25, 0.3) is 5.57 Å². The minimum Gasteiger partial charge on any atom is -0.508 e. The smallest absolute Gasteiger partial charge is 0.115 e. The molecule has 0 radical (unpaired) electrons. The number of hydrogen-bond donors (Lipinski definition) is 2. The van der Waals surface area contributed by atoms with Crippen molar-refractivity contribution in [2.24, 2.45) is 0 Å². The standard InChI is InChI=1S/C19H22O2/c1-3-5-14(4-2)19(15-6-10-17(20)11-7-15)16-8-12-18(21)13-9-16/h6-13,20-21H,3-5H2,1-2H3. The second-order valence-corrected chi connectivity index (χ2v) is 5.18. The Labute approximate surface area is 126 Å². The number of rotatable bonds is 5. The summed E-state index contributed by atoms with van der Waals surface area (Å²) in [7, 11) is 0. The van der Waals surface area contributed by atoms with Crippen LogP contribution in [0.4, 0.5) is 0 Å². The summed E-state index contributed by atoms with van der Waals surface area (Å²) >= 11 is 0. The van der Waals surface area contributed by atoms with Gasteiger partial charge in [0.25, 0.3) is 0 Å². The number of hydrogen-bond acceptors (Lipinski definition) is 2. The van der Waals surface area contributed by atoms with Crippen LogP contribution in [-0.4, -0.2) is 10.2 Å². The average molecular weight is 282 g/mol. The minimum atomic E-state index is 0.275. The monoisotopic (exact) mass is 282 g/mol. The summed E-state index contributed by atoms with van der Waals surface area (Å²) in [4.78, 5) is 0. The molecule has 2 N–H and O–H groups in total. The first kappa shape index (κ1) is 15.2. The van der Waals surface area contributed by atoms with E-state index in [0.29, 0.717) is 0 Å². The van der Waals surface area contributed by atoms with E-state index in [9.17, 15) is 10.2 Å². The summed E-state index contributed by atoms with van der Waals surface area (Å²) in [5, 5.41) is 19.0. The van der Waals surface area contributed by atoms with E-state index in [1.54, 1.807) is 24.3 Å². The van der Waals surface area contributed by atoms with Crippen LogP contribution in [-0.2, 0) is 0 Å². The van der Waals surface area contributed by atoms with E-state index in [2.05, 4.69) is 13.8 Å². The third-order valence-electron chi connectivity index (χ3n) is 3.64. The zero-order valence-corrected chi connectivity index (χ0v) is 12.6. The van der Waals surface area contributed by atoms with E-state index in [1.807, 2.05) is 24.3 Å². The number of allylic oxidation sites excluding steroid dienone is 1. The summed E-state index contributed by atoms with van der Waals surface area (Å²) in [6, 6.07) is 14.7. The molecule has 0 fully saturated rings. The molecule has 0 saturated heterocycles. The highest BCUT2D eigenvalue weighted by atomic mass is 16.3. The van der Waals surface area contributed by atoms with E-state index in [0.717, 1.165) is 30.4 Å². The lowest BCUT2D eigenvalue weighted by Gasteiger charge is -2.15. The summed E-state index contributed by atoms with van der Waals surface area (Å²) in [5.74, 6) is 0.551. The molecule has 0 spiro atoms. The van der Waals surface area contributed by atoms with Crippen molar-refractivity contribution in [3.63, 3.8) is 0 Å². The molecule has 0 heterocycles. The van der Waals surface area contributed by atoms with E-state index >= 15 is 0 Å². The largest absolute Gasteiger partial charge is 0.508 e. The van der Waals surface area contributed by atoms with Crippen molar-refractivity contribution in [3.8, 4) is 11.5 Å². The van der Waals surface area contributed by atoms with Gasteiger partial charge < -0.3 is 10.2 Å². The van der Waals surface area contributed by atoms with Gasteiger partial charge in [0.05, 0.1) is 0 Å². The van der Waals surface area contributed by atoms with Crippen molar-refractivity contribution in [1.82, 2.24) is 0 Å². The second kappa shape index (κ2) is 6.98. The van der Waals surface area contributed by atoms with Crippen molar-refractivity contribution in [1.29, 1.82) is 0 Å². The van der Waals surface area contributed by atoms with E-state index < -0.39 is 0 Å². The highest BCUT2D eigenvalue weighted by Crippen LogP contribution is 2.32. The van der Waals surface area contributed by atoms with Gasteiger partial charge in [-0.25, -0.2) is 0 Å². The highest BCUT2D eigenvalue weighted by Gasteiger charge is 2.11. The predicted molar refractivity (Wildman–Crippen MR) is 87.4 cm³/mol. The lowest BCUT2D eigenvalue weighted by atomic mass is 9.90. The maximum Gasteiger partial charge on any atom is 0.115 e. The molecule has 0 aliphatic rings. The van der Waals surface area contributed by atoms with Crippen molar-refractivity contribution in [2.45, 2.75) is 33.1 Å². The van der Waals surface area contributed by atoms with Crippen molar-refractivity contribution in [3.05, 3.63) is 65.2 Å². The van der Waals surface area contributed by atoms with E-state index in [4.69, 9.17) is 0 Å². The number of aromatic hydroxyl groups is 2. The number of benzene rings is 2. The molecular formula is C19H22O2. The molecule has 2 rings (SSSR count). The van der Waals surface area contributed by atoms with Crippen LogP contribution in [0, 0.1) is 0 Å². The summed E-state index contributed by atoms with van der Waals surface area (Å²) in [6.07, 6.45) is 3.14. The van der Waals surface area contributed by atoms with Crippen molar-refractivity contribution >= 4 is 5.57 Å². The Morgan fingerprint density at radius 2 is 1.19 bits per heavy atom. The predicted octanol–water partition coefficient (Wildman–Crippen LogP) is 5.11. The van der Waals surface area contributed by atoms with Gasteiger partial charge in [-0.3, -0.25) is 0 Å². The Morgan fingerprint density at radius 1 is 0.762 bits per heavy atom. The quantitative estimate of drug-likeness (QED) is 0.800. The lowest BCUT2D eigenvalue weighted by Crippen LogP contribution is -1.94. The normalized spacial score (nSPS) is 10.4. The van der Waals surface area contributed by atoms with Crippen LogP contribution >= 0.6 is 0 Å². The van der Waals surface area contributed by atoms with Crippen LogP contribution in [0.1, 0.15) is 44.2 Å². The third kappa shape index (κ3) is 3.66. The fourth-order valence-electron chi connectivity index (χ4n) is 2.61. The molecule has 0 aromatic heterocycles. The fraction of sp³-hybridized carbons (Fsp3) is 0.263. The maximum atomic E-state index is 9.50. The first-order chi connectivity index (χ1) is 10.2. The Hall–Kier alpha value is -2.22. The summed E-state index contributed by atoms with van der Waals surface area (Å²) < 4.78 is 0. The maximum absolute atomic E-state index is 9.50. The van der Waals surface area contributed by atoms with Crippen LogP contribution < -0.4 is 0 Å². The van der Waals surface area contributed by atoms with Crippen LogP contribution in [0.2, 0.25) is 0 Å². The molecule has 0 aliphatic carbocycles. The van der Waals surface area contributed by atoms with Crippen LogP contribution in [0.15, 0.2) is 54.1 Å². The van der Waals surface area contributed by atoms with Gasteiger partial charge in [0.1, 0.15) is 11.5 Å². The molecule has 0 aliphatic heterocycles. The zero-order chi connectivity index (χ0) is 15.2. The minimum absolute atomic E-state index is 0.275. The average Bonchev–Trinajstić information content (AvgIpc) is 2.50. The first-order valence-corrected chi connectivity index (χ1v) is 7.46. The van der Waals surface area contributed by atoms with Gasteiger partial charge in [0, 0.05) is 0 Å². The van der Waals surface area contributed by atoms with Crippen molar-refractivity contribution in [2.75, 3.05) is 0 Å². The van der Waals surface area contributed by atoms with Gasteiger partial charge >= 0.3 is 0 Å². The molecule has 2 aromatic carbocycles. The van der Waals surface area contributed by atoms with Crippen molar-refractivity contribution < 1.29 is 10.2 Å². The topological polar surface area (TPSA) is 40.5 Å². The van der Waals surface area contributed by atoms with Gasteiger partial charge in [0.15, 0.2) is 0 Å². The third-order valence-corrected chi connectivity index (χ3v) is 3.64. The summed E-state index contributed by atoms with van der Waals surface area (Å²) in [5.41, 5.74) is 4.81. The molecule has 21 heavy (non-hydrogen) atoms. The molecule has 0 bridgehead atoms. The number of phenols is 2. The van der Waals surface area contributed by atoms with Crippen LogP contribution in [0.5, 0.6) is 11.5 Å². The molecule has 0 amide bonds. The fourth-order valence-corrected chi connectivity index (χ4v) is 2.61. The SMILES string of the molecule is CCCC(CC)=C(c1ccc(O)cc1)c1ccc(O)cc1. The van der Waals surface area contributed by atoms with Gasteiger partial charge in [-0.05, 0) is 53.8 Å². The Bertz CT molecular complexity index is 560. The van der Waals surface area contributed by atoms with Gasteiger partial charge in [-0.2, -0.15) is 0 Å². The molecule has 2 heteroatoms. The lowest BCUT2D eigenvalue weighted by molar-refractivity contribution is 0.475. The molecular weight excluding hydrogens is 260 g/mol. The van der Waals surface area contributed by atoms with Gasteiger partial charge in [0.2, 0.25) is 0 Å². The molecule has 0 atom stereocenters. The highest BCUT2D eigenvalue weighted by molar-refractivity contribution is 5.82. The van der Waals surface area contributed by atoms with Gasteiger partial charge in [-0.1, -0.05) is 50.1 Å². The van der Waals surface area contributed by atoms with E-state index in [1.165, 1.54) is 11.1 Å². The Balaban J connectivity index is 2.58.